The van der Waals surface area contributed by atoms with Crippen LogP contribution in [0.5, 0.6) is 0 Å². The van der Waals surface area contributed by atoms with Crippen LogP contribution in [0.15, 0.2) is 6.20 Å². The van der Waals surface area contributed by atoms with Gasteiger partial charge in [-0.2, -0.15) is 0 Å². The van der Waals surface area contributed by atoms with E-state index < -0.39 is 0 Å². The molecule has 0 aromatic carbocycles. The molecular weight excluding hydrogens is 230 g/mol. The fourth-order valence-electron chi connectivity index (χ4n) is 1.63. The predicted molar refractivity (Wildman–Crippen MR) is 73.1 cm³/mol. The Bertz CT molecular complexity index is 326. The van der Waals surface area contributed by atoms with Crippen molar-refractivity contribution in [2.24, 2.45) is 0 Å². The summed E-state index contributed by atoms with van der Waals surface area (Å²) in [5.41, 5.74) is 1.01. The van der Waals surface area contributed by atoms with Crippen LogP contribution in [0, 0.1) is 6.92 Å². The van der Waals surface area contributed by atoms with E-state index in [-0.39, 0.29) is 0 Å². The summed E-state index contributed by atoms with van der Waals surface area (Å²) in [5, 5.41) is 3.29. The molecule has 0 aliphatic carbocycles. The van der Waals surface area contributed by atoms with E-state index in [4.69, 9.17) is 9.47 Å². The molecule has 0 aliphatic rings. The van der Waals surface area contributed by atoms with Gasteiger partial charge in [-0.3, -0.25) is 0 Å². The molecule has 0 radical (unpaired) electrons. The van der Waals surface area contributed by atoms with Crippen molar-refractivity contribution in [1.29, 1.82) is 0 Å². The van der Waals surface area contributed by atoms with E-state index in [1.54, 1.807) is 7.11 Å². The minimum absolute atomic E-state index is 0.692. The highest BCUT2D eigenvalue weighted by molar-refractivity contribution is 5.28. The number of ether oxygens (including phenoxy) is 2. The van der Waals surface area contributed by atoms with Gasteiger partial charge in [0.05, 0.1) is 18.9 Å². The number of anilines is 1. The van der Waals surface area contributed by atoms with Crippen LogP contribution in [0.25, 0.3) is 0 Å². The highest BCUT2D eigenvalue weighted by atomic mass is 16.5. The fraction of sp³-hybridized carbons (Fsp3) is 0.769. The monoisotopic (exact) mass is 255 g/mol. The Labute approximate surface area is 109 Å². The highest BCUT2D eigenvalue weighted by Gasteiger charge is 2.04. The molecule has 1 heterocycles. The Balaban J connectivity index is 2.27. The summed E-state index contributed by atoms with van der Waals surface area (Å²) in [6, 6.07) is 0. The van der Waals surface area contributed by atoms with Gasteiger partial charge in [0.25, 0.3) is 0 Å². The van der Waals surface area contributed by atoms with Crippen molar-refractivity contribution in [2.75, 3.05) is 38.8 Å². The molecule has 0 saturated heterocycles. The first kappa shape index (κ1) is 15.0. The Hall–Kier alpha value is -1.07. The molecule has 5 nitrogen and oxygen atoms in total. The Morgan fingerprint density at radius 1 is 1.33 bits per heavy atom. The lowest BCUT2D eigenvalue weighted by atomic mass is 10.4. The van der Waals surface area contributed by atoms with Gasteiger partial charge in [0.2, 0.25) is 5.95 Å². The molecule has 18 heavy (non-hydrogen) atoms. The number of hydrogen-bond donors (Lipinski definition) is 1. The third-order valence-electron chi connectivity index (χ3n) is 2.61. The van der Waals surface area contributed by atoms with Gasteiger partial charge in [-0.25, -0.2) is 4.98 Å². The minimum Gasteiger partial charge on any atom is -0.383 e. The SMILES string of the molecule is CCCCOCCNc1nc(C)cn1CCOC. The standard InChI is InChI=1S/C13H25N3O2/c1-4-5-8-18-9-6-14-13-15-12(2)11-16(13)7-10-17-3/h11H,4-10H2,1-3H3,(H,14,15). The van der Waals surface area contributed by atoms with Crippen LogP contribution in [0.2, 0.25) is 0 Å². The van der Waals surface area contributed by atoms with E-state index >= 15 is 0 Å². The number of hydrogen-bond acceptors (Lipinski definition) is 4. The second-order valence-electron chi connectivity index (χ2n) is 4.28. The van der Waals surface area contributed by atoms with Gasteiger partial charge in [-0.15, -0.1) is 0 Å². The van der Waals surface area contributed by atoms with Crippen LogP contribution in [0.3, 0.4) is 0 Å². The van der Waals surface area contributed by atoms with Crippen molar-refractivity contribution >= 4 is 5.95 Å². The average Bonchev–Trinajstić information content (AvgIpc) is 2.71. The molecular formula is C13H25N3O2. The molecule has 0 aliphatic heterocycles. The van der Waals surface area contributed by atoms with Crippen molar-refractivity contribution < 1.29 is 9.47 Å². The molecule has 5 heteroatoms. The first-order chi connectivity index (χ1) is 8.77. The van der Waals surface area contributed by atoms with E-state index in [2.05, 4.69) is 21.8 Å². The van der Waals surface area contributed by atoms with Crippen LogP contribution in [-0.4, -0.2) is 43.0 Å². The zero-order valence-corrected chi connectivity index (χ0v) is 11.7. The van der Waals surface area contributed by atoms with Gasteiger partial charge in [0, 0.05) is 33.0 Å². The van der Waals surface area contributed by atoms with Crippen molar-refractivity contribution in [3.05, 3.63) is 11.9 Å². The zero-order valence-electron chi connectivity index (χ0n) is 11.7. The lowest BCUT2D eigenvalue weighted by Crippen LogP contribution is -2.14. The molecule has 0 saturated carbocycles. The van der Waals surface area contributed by atoms with E-state index in [1.165, 1.54) is 6.42 Å². The lowest BCUT2D eigenvalue weighted by Gasteiger charge is -2.09. The third kappa shape index (κ3) is 5.51. The summed E-state index contributed by atoms with van der Waals surface area (Å²) >= 11 is 0. The molecule has 0 atom stereocenters. The van der Waals surface area contributed by atoms with Crippen LogP contribution >= 0.6 is 0 Å². The number of aromatic nitrogens is 2. The number of unbranched alkanes of at least 4 members (excludes halogenated alkanes) is 1. The van der Waals surface area contributed by atoms with E-state index in [0.29, 0.717) is 6.61 Å². The maximum atomic E-state index is 5.50. The maximum Gasteiger partial charge on any atom is 0.203 e. The Kier molecular flexibility index (Phi) is 7.44. The molecule has 0 amide bonds. The first-order valence-corrected chi connectivity index (χ1v) is 6.62. The van der Waals surface area contributed by atoms with Crippen LogP contribution < -0.4 is 5.32 Å². The number of nitrogens with one attached hydrogen (secondary N) is 1. The number of methoxy groups -OCH3 is 1. The lowest BCUT2D eigenvalue weighted by molar-refractivity contribution is 0.140. The number of imidazole rings is 1. The zero-order chi connectivity index (χ0) is 13.2. The summed E-state index contributed by atoms with van der Waals surface area (Å²) in [4.78, 5) is 4.44. The van der Waals surface area contributed by atoms with Crippen molar-refractivity contribution in [1.82, 2.24) is 9.55 Å². The normalized spacial score (nSPS) is 10.8. The van der Waals surface area contributed by atoms with E-state index in [0.717, 1.165) is 44.4 Å². The Morgan fingerprint density at radius 3 is 2.89 bits per heavy atom. The molecule has 1 rings (SSSR count). The topological polar surface area (TPSA) is 48.3 Å². The van der Waals surface area contributed by atoms with Crippen molar-refractivity contribution in [3.63, 3.8) is 0 Å². The van der Waals surface area contributed by atoms with Gasteiger partial charge in [-0.05, 0) is 13.3 Å². The number of rotatable bonds is 10. The highest BCUT2D eigenvalue weighted by Crippen LogP contribution is 2.07. The van der Waals surface area contributed by atoms with Crippen LogP contribution in [-0.2, 0) is 16.0 Å². The van der Waals surface area contributed by atoms with Gasteiger partial charge >= 0.3 is 0 Å². The van der Waals surface area contributed by atoms with Gasteiger partial charge < -0.3 is 19.4 Å². The summed E-state index contributed by atoms with van der Waals surface area (Å²) in [6.07, 6.45) is 4.33. The summed E-state index contributed by atoms with van der Waals surface area (Å²) < 4.78 is 12.7. The largest absolute Gasteiger partial charge is 0.383 e. The van der Waals surface area contributed by atoms with E-state index in [9.17, 15) is 0 Å². The molecule has 104 valence electrons. The summed E-state index contributed by atoms with van der Waals surface area (Å²) in [6.45, 7) is 8.01. The maximum absolute atomic E-state index is 5.50. The predicted octanol–water partition coefficient (Wildman–Crippen LogP) is 2.07. The number of nitrogens with zero attached hydrogens (tertiary/aromatic N) is 2. The third-order valence-corrected chi connectivity index (χ3v) is 2.61. The molecule has 0 unspecified atom stereocenters. The molecule has 0 bridgehead atoms. The minimum atomic E-state index is 0.692. The summed E-state index contributed by atoms with van der Waals surface area (Å²) in [7, 11) is 1.71. The average molecular weight is 255 g/mol. The molecule has 1 N–H and O–H groups in total. The van der Waals surface area contributed by atoms with Gasteiger partial charge in [-0.1, -0.05) is 13.3 Å². The summed E-state index contributed by atoms with van der Waals surface area (Å²) in [5.74, 6) is 0.892. The number of aryl methyl sites for hydroxylation is 1. The molecule has 0 spiro atoms. The second kappa shape index (κ2) is 8.94. The van der Waals surface area contributed by atoms with Crippen LogP contribution in [0.1, 0.15) is 25.5 Å². The van der Waals surface area contributed by atoms with Gasteiger partial charge in [0.15, 0.2) is 0 Å². The van der Waals surface area contributed by atoms with Crippen LogP contribution in [0.4, 0.5) is 5.95 Å². The fourth-order valence-corrected chi connectivity index (χ4v) is 1.63. The second-order valence-corrected chi connectivity index (χ2v) is 4.28. The quantitative estimate of drug-likeness (QED) is 0.650. The molecule has 1 aromatic heterocycles. The molecule has 0 fully saturated rings. The van der Waals surface area contributed by atoms with Crippen molar-refractivity contribution in [3.8, 4) is 0 Å². The Morgan fingerprint density at radius 2 is 2.17 bits per heavy atom. The van der Waals surface area contributed by atoms with Crippen molar-refractivity contribution in [2.45, 2.75) is 33.2 Å². The molecule has 1 aromatic rings. The van der Waals surface area contributed by atoms with E-state index in [1.807, 2.05) is 13.1 Å². The van der Waals surface area contributed by atoms with Gasteiger partial charge in [0.1, 0.15) is 0 Å². The first-order valence-electron chi connectivity index (χ1n) is 6.62. The smallest absolute Gasteiger partial charge is 0.203 e.